The molecule has 1 aromatic carbocycles. The lowest BCUT2D eigenvalue weighted by atomic mass is 9.86. The molecule has 0 amide bonds. The number of hydrogen-bond donors (Lipinski definition) is 0. The molecule has 2 aliphatic rings. The molecular formula is C20H32N2. The quantitative estimate of drug-likeness (QED) is 0.831. The Morgan fingerprint density at radius 3 is 2.27 bits per heavy atom. The molecule has 0 N–H and O–H groups in total. The zero-order valence-corrected chi connectivity index (χ0v) is 14.4. The summed E-state index contributed by atoms with van der Waals surface area (Å²) in [6, 6.07) is 10.1. The fourth-order valence-corrected chi connectivity index (χ4v) is 4.16. The minimum Gasteiger partial charge on any atom is -0.298 e. The zero-order valence-electron chi connectivity index (χ0n) is 14.4. The van der Waals surface area contributed by atoms with E-state index in [-0.39, 0.29) is 0 Å². The highest BCUT2D eigenvalue weighted by molar-refractivity contribution is 5.22. The van der Waals surface area contributed by atoms with E-state index < -0.39 is 0 Å². The van der Waals surface area contributed by atoms with Crippen LogP contribution in [-0.4, -0.2) is 42.0 Å². The maximum absolute atomic E-state index is 2.77. The van der Waals surface area contributed by atoms with E-state index in [9.17, 15) is 0 Å². The highest BCUT2D eigenvalue weighted by atomic mass is 15.3. The van der Waals surface area contributed by atoms with Crippen molar-refractivity contribution in [1.29, 1.82) is 0 Å². The summed E-state index contributed by atoms with van der Waals surface area (Å²) in [5, 5.41) is 0. The lowest BCUT2D eigenvalue weighted by molar-refractivity contribution is 0.0659. The predicted octanol–water partition coefficient (Wildman–Crippen LogP) is 3.95. The van der Waals surface area contributed by atoms with Gasteiger partial charge in [0, 0.05) is 38.8 Å². The second-order valence-electron chi connectivity index (χ2n) is 7.41. The van der Waals surface area contributed by atoms with E-state index in [1.54, 1.807) is 0 Å². The molecule has 1 aliphatic heterocycles. The Kier molecular flexibility index (Phi) is 5.54. The third kappa shape index (κ3) is 4.11. The van der Waals surface area contributed by atoms with Gasteiger partial charge in [0.25, 0.3) is 0 Å². The predicted molar refractivity (Wildman–Crippen MR) is 94.1 cm³/mol. The molecule has 1 aliphatic carbocycles. The molecule has 2 atom stereocenters. The molecule has 2 nitrogen and oxygen atoms in total. The van der Waals surface area contributed by atoms with Crippen LogP contribution in [0.4, 0.5) is 0 Å². The fraction of sp³-hybridized carbons (Fsp3) is 0.700. The van der Waals surface area contributed by atoms with E-state index in [1.807, 2.05) is 0 Å². The zero-order chi connectivity index (χ0) is 15.4. The lowest BCUT2D eigenvalue weighted by Gasteiger charge is -2.42. The van der Waals surface area contributed by atoms with Crippen LogP contribution in [0, 0.1) is 5.92 Å². The Morgan fingerprint density at radius 2 is 1.64 bits per heavy atom. The smallest absolute Gasteiger partial charge is 0.0234 e. The third-order valence-electron chi connectivity index (χ3n) is 5.67. The molecule has 0 radical (unpaired) electrons. The minimum atomic E-state index is 0.870. The maximum Gasteiger partial charge on any atom is 0.0234 e. The molecule has 2 heteroatoms. The molecular weight excluding hydrogens is 268 g/mol. The first-order chi connectivity index (χ1) is 10.7. The van der Waals surface area contributed by atoms with Crippen LogP contribution in [0.1, 0.15) is 50.7 Å². The monoisotopic (exact) mass is 300 g/mol. The first kappa shape index (κ1) is 16.0. The van der Waals surface area contributed by atoms with E-state index in [0.717, 1.165) is 24.9 Å². The third-order valence-corrected chi connectivity index (χ3v) is 5.67. The van der Waals surface area contributed by atoms with Crippen LogP contribution in [0.5, 0.6) is 0 Å². The van der Waals surface area contributed by atoms with Gasteiger partial charge in [0.05, 0.1) is 0 Å². The van der Waals surface area contributed by atoms with Crippen molar-refractivity contribution in [2.45, 2.75) is 58.5 Å². The molecule has 1 saturated heterocycles. The van der Waals surface area contributed by atoms with Gasteiger partial charge in [-0.05, 0) is 36.3 Å². The second-order valence-corrected chi connectivity index (χ2v) is 7.41. The van der Waals surface area contributed by atoms with E-state index in [0.29, 0.717) is 0 Å². The molecule has 0 spiro atoms. The van der Waals surface area contributed by atoms with Crippen molar-refractivity contribution in [1.82, 2.24) is 9.80 Å². The van der Waals surface area contributed by atoms with Crippen molar-refractivity contribution in [3.05, 3.63) is 35.4 Å². The normalized spacial score (nSPS) is 27.9. The molecule has 1 aromatic rings. The molecule has 2 fully saturated rings. The molecule has 122 valence electrons. The van der Waals surface area contributed by atoms with Crippen LogP contribution in [0.3, 0.4) is 0 Å². The van der Waals surface area contributed by atoms with Crippen molar-refractivity contribution in [2.75, 3.05) is 26.2 Å². The van der Waals surface area contributed by atoms with Gasteiger partial charge in [0.15, 0.2) is 0 Å². The van der Waals surface area contributed by atoms with Crippen molar-refractivity contribution in [3.8, 4) is 0 Å². The van der Waals surface area contributed by atoms with Crippen LogP contribution < -0.4 is 0 Å². The Bertz CT molecular complexity index is 445. The molecule has 0 unspecified atom stereocenters. The largest absolute Gasteiger partial charge is 0.298 e. The Labute approximate surface area is 136 Å². The Hall–Kier alpha value is -0.860. The first-order valence-electron chi connectivity index (χ1n) is 9.29. The van der Waals surface area contributed by atoms with Crippen LogP contribution in [-0.2, 0) is 13.0 Å². The topological polar surface area (TPSA) is 6.48 Å². The standard InChI is InChI=1S/C20H32N2/c1-3-18-7-9-19(10-8-18)16-21-11-13-22(14-12-21)20-6-4-5-17(2)15-20/h7-10,17,20H,3-6,11-16H2,1-2H3/t17-,20-/m1/s1. The van der Waals surface area contributed by atoms with E-state index in [2.05, 4.69) is 47.9 Å². The summed E-state index contributed by atoms with van der Waals surface area (Å²) >= 11 is 0. The number of hydrogen-bond acceptors (Lipinski definition) is 2. The average molecular weight is 300 g/mol. The summed E-state index contributed by atoms with van der Waals surface area (Å²) in [7, 11) is 0. The van der Waals surface area contributed by atoms with Crippen molar-refractivity contribution in [3.63, 3.8) is 0 Å². The van der Waals surface area contributed by atoms with Gasteiger partial charge in [0.1, 0.15) is 0 Å². The van der Waals surface area contributed by atoms with Crippen LogP contribution >= 0.6 is 0 Å². The second kappa shape index (κ2) is 7.61. The molecule has 1 saturated carbocycles. The summed E-state index contributed by atoms with van der Waals surface area (Å²) < 4.78 is 0. The van der Waals surface area contributed by atoms with Crippen molar-refractivity contribution < 1.29 is 0 Å². The van der Waals surface area contributed by atoms with E-state index >= 15 is 0 Å². The highest BCUT2D eigenvalue weighted by Crippen LogP contribution is 2.28. The van der Waals surface area contributed by atoms with Crippen LogP contribution in [0.2, 0.25) is 0 Å². The Morgan fingerprint density at radius 1 is 0.955 bits per heavy atom. The van der Waals surface area contributed by atoms with Gasteiger partial charge in [-0.15, -0.1) is 0 Å². The highest BCUT2D eigenvalue weighted by Gasteiger charge is 2.27. The molecule has 0 bridgehead atoms. The van der Waals surface area contributed by atoms with Crippen molar-refractivity contribution in [2.24, 2.45) is 5.92 Å². The Balaban J connectivity index is 1.46. The van der Waals surface area contributed by atoms with Gasteiger partial charge in [-0.25, -0.2) is 0 Å². The average Bonchev–Trinajstić information content (AvgIpc) is 2.56. The number of rotatable bonds is 4. The SMILES string of the molecule is CCc1ccc(CN2CCN([C@@H]3CCC[C@@H](C)C3)CC2)cc1. The van der Waals surface area contributed by atoms with Gasteiger partial charge >= 0.3 is 0 Å². The summed E-state index contributed by atoms with van der Waals surface area (Å²) in [6.45, 7) is 10.8. The van der Waals surface area contributed by atoms with E-state index in [4.69, 9.17) is 0 Å². The summed E-state index contributed by atoms with van der Waals surface area (Å²) in [6.07, 6.45) is 6.89. The summed E-state index contributed by atoms with van der Waals surface area (Å²) in [5.41, 5.74) is 2.91. The van der Waals surface area contributed by atoms with Gasteiger partial charge in [-0.1, -0.05) is 51.0 Å². The van der Waals surface area contributed by atoms with Crippen molar-refractivity contribution >= 4 is 0 Å². The summed E-state index contributed by atoms with van der Waals surface area (Å²) in [5.74, 6) is 0.939. The molecule has 1 heterocycles. The molecule has 3 rings (SSSR count). The number of benzene rings is 1. The number of nitrogens with zero attached hydrogens (tertiary/aromatic N) is 2. The van der Waals surface area contributed by atoms with Crippen LogP contribution in [0.15, 0.2) is 24.3 Å². The summed E-state index contributed by atoms with van der Waals surface area (Å²) in [4.78, 5) is 5.40. The van der Waals surface area contributed by atoms with Gasteiger partial charge in [0.2, 0.25) is 0 Å². The molecule has 22 heavy (non-hydrogen) atoms. The van der Waals surface area contributed by atoms with Gasteiger partial charge < -0.3 is 0 Å². The van der Waals surface area contributed by atoms with Gasteiger partial charge in [-0.2, -0.15) is 0 Å². The first-order valence-corrected chi connectivity index (χ1v) is 9.29. The minimum absolute atomic E-state index is 0.870. The fourth-order valence-electron chi connectivity index (χ4n) is 4.16. The van der Waals surface area contributed by atoms with Crippen LogP contribution in [0.25, 0.3) is 0 Å². The number of aryl methyl sites for hydroxylation is 1. The molecule has 0 aromatic heterocycles. The maximum atomic E-state index is 2.77. The van der Waals surface area contributed by atoms with E-state index in [1.165, 1.54) is 63.0 Å². The van der Waals surface area contributed by atoms with Gasteiger partial charge in [-0.3, -0.25) is 9.80 Å². The lowest BCUT2D eigenvalue weighted by Crippen LogP contribution is -2.50. The number of piperazine rings is 1.